The Balaban J connectivity index is 1.32. The SMILES string of the molecule is COc1ccc(CN2CC(C(=O)Nc3cc(N(C)C)c4c(c3O)C(O)=C3C(=O)[C@]5(O)C(O)=C(C(N)=O)C(=O)[C@@H](N(C)C)[C@@H]5CC3C4)C2)cc1. The molecule has 4 atom stereocenters. The van der Waals surface area contributed by atoms with Crippen LogP contribution in [0.4, 0.5) is 11.4 Å². The summed E-state index contributed by atoms with van der Waals surface area (Å²) in [6.45, 7) is 1.65. The second-order valence-corrected chi connectivity index (χ2v) is 13.7. The fraction of sp³-hybridized carbons (Fsp3) is 0.429. The number of likely N-dealkylation sites (tertiary alicyclic amines) is 1. The lowest BCUT2D eigenvalue weighted by Gasteiger charge is -2.50. The molecule has 0 radical (unpaired) electrons. The molecule has 1 heterocycles. The number of hydrogen-bond acceptors (Lipinski definition) is 12. The maximum Gasteiger partial charge on any atom is 0.255 e. The highest BCUT2D eigenvalue weighted by Crippen LogP contribution is 2.54. The molecule has 1 saturated carbocycles. The van der Waals surface area contributed by atoms with Crippen LogP contribution >= 0.6 is 0 Å². The number of nitrogens with one attached hydrogen (secondary N) is 1. The smallest absolute Gasteiger partial charge is 0.255 e. The van der Waals surface area contributed by atoms with Crippen LogP contribution in [0.15, 0.2) is 47.2 Å². The monoisotopic (exact) mass is 675 g/mol. The molecule has 2 fully saturated rings. The molecule has 0 aromatic heterocycles. The Morgan fingerprint density at radius 3 is 2.31 bits per heavy atom. The molecule has 0 spiro atoms. The van der Waals surface area contributed by atoms with Crippen molar-refractivity contribution in [2.75, 3.05) is 58.6 Å². The average molecular weight is 676 g/mol. The van der Waals surface area contributed by atoms with Gasteiger partial charge in [-0.3, -0.25) is 29.0 Å². The van der Waals surface area contributed by atoms with E-state index in [0.717, 1.165) is 11.3 Å². The van der Waals surface area contributed by atoms with Crippen molar-refractivity contribution in [2.24, 2.45) is 23.5 Å². The van der Waals surface area contributed by atoms with Crippen LogP contribution in [0.25, 0.3) is 5.76 Å². The summed E-state index contributed by atoms with van der Waals surface area (Å²) in [5, 5.41) is 49.0. The third-order valence-corrected chi connectivity index (χ3v) is 10.3. The normalized spacial score (nSPS) is 25.4. The number of ketones is 2. The van der Waals surface area contributed by atoms with Crippen molar-refractivity contribution in [3.8, 4) is 11.5 Å². The molecule has 1 saturated heterocycles. The number of phenols is 1. The van der Waals surface area contributed by atoms with Crippen molar-refractivity contribution >= 4 is 40.5 Å². The summed E-state index contributed by atoms with van der Waals surface area (Å²) in [5.74, 6) is -7.25. The van der Waals surface area contributed by atoms with Gasteiger partial charge >= 0.3 is 0 Å². The zero-order valence-electron chi connectivity index (χ0n) is 28.0. The van der Waals surface area contributed by atoms with Crippen molar-refractivity contribution < 1.29 is 44.3 Å². The molecule has 4 aliphatic rings. The summed E-state index contributed by atoms with van der Waals surface area (Å²) >= 11 is 0. The van der Waals surface area contributed by atoms with Gasteiger partial charge in [0.05, 0.1) is 30.3 Å². The fourth-order valence-electron chi connectivity index (χ4n) is 7.87. The van der Waals surface area contributed by atoms with Gasteiger partial charge in [-0.15, -0.1) is 0 Å². The standard InChI is InChI=1S/C35H41N5O9/c1-38(2)23-12-22(37-34(47)18-14-40(15-18)13-16-6-8-19(49-5)9-7-16)28(41)25-20(23)10-17-11-21-27(39(3)4)30(43)26(33(36)46)32(45)35(21,48)31(44)24(17)29(25)42/h6-9,12,17-18,21,27,41-42,45,48H,10-11,13-15H2,1-5H3,(H2,36,46)(H,37,47)/t17?,21-,27-,35-/m0/s1. The Kier molecular flexibility index (Phi) is 8.45. The van der Waals surface area contributed by atoms with E-state index in [1.807, 2.05) is 24.3 Å². The first-order chi connectivity index (χ1) is 23.1. The molecule has 0 bridgehead atoms. The van der Waals surface area contributed by atoms with Gasteiger partial charge in [-0.25, -0.2) is 0 Å². The first-order valence-corrected chi connectivity index (χ1v) is 16.0. The number of anilines is 2. The number of rotatable bonds is 8. The number of amides is 2. The van der Waals surface area contributed by atoms with Crippen LogP contribution < -0.4 is 20.7 Å². The van der Waals surface area contributed by atoms with E-state index < -0.39 is 63.8 Å². The number of aliphatic hydroxyl groups is 3. The van der Waals surface area contributed by atoms with E-state index in [4.69, 9.17) is 10.5 Å². The van der Waals surface area contributed by atoms with E-state index in [-0.39, 0.29) is 41.5 Å². The van der Waals surface area contributed by atoms with E-state index in [0.29, 0.717) is 30.9 Å². The number of carbonyl (C=O) groups is 4. The first kappa shape index (κ1) is 34.0. The van der Waals surface area contributed by atoms with Crippen LogP contribution in [0.1, 0.15) is 23.1 Å². The number of primary amides is 1. The number of carbonyl (C=O) groups excluding carboxylic acids is 4. The van der Waals surface area contributed by atoms with Crippen molar-refractivity contribution in [3.05, 3.63) is 63.9 Å². The molecule has 6 rings (SSSR count). The molecule has 260 valence electrons. The fourth-order valence-corrected chi connectivity index (χ4v) is 7.87. The Labute approximate surface area is 283 Å². The van der Waals surface area contributed by atoms with Crippen LogP contribution in [0, 0.1) is 17.8 Å². The highest BCUT2D eigenvalue weighted by Gasteiger charge is 2.64. The van der Waals surface area contributed by atoms with Crippen LogP contribution in [-0.4, -0.2) is 114 Å². The number of nitrogens with two attached hydrogens (primary N) is 1. The van der Waals surface area contributed by atoms with Gasteiger partial charge < -0.3 is 41.1 Å². The van der Waals surface area contributed by atoms with Gasteiger partial charge in [-0.2, -0.15) is 0 Å². The minimum Gasteiger partial charge on any atom is -0.508 e. The summed E-state index contributed by atoms with van der Waals surface area (Å²) in [6.07, 6.45) is 0.110. The first-order valence-electron chi connectivity index (χ1n) is 16.0. The predicted molar refractivity (Wildman–Crippen MR) is 179 cm³/mol. The minimum absolute atomic E-state index is 0.0212. The number of nitrogens with zero attached hydrogens (tertiary/aromatic N) is 3. The maximum atomic E-state index is 14.2. The van der Waals surface area contributed by atoms with E-state index in [2.05, 4.69) is 10.2 Å². The zero-order valence-corrected chi connectivity index (χ0v) is 28.0. The molecule has 7 N–H and O–H groups in total. The summed E-state index contributed by atoms with van der Waals surface area (Å²) in [5.41, 5.74) is 3.62. The molecule has 2 amide bonds. The molecule has 49 heavy (non-hydrogen) atoms. The Hall–Kier alpha value is -4.92. The molecule has 1 unspecified atom stereocenters. The quantitative estimate of drug-likeness (QED) is 0.172. The Morgan fingerprint density at radius 2 is 1.73 bits per heavy atom. The van der Waals surface area contributed by atoms with Gasteiger partial charge in [-0.1, -0.05) is 12.1 Å². The zero-order chi connectivity index (χ0) is 35.7. The summed E-state index contributed by atoms with van der Waals surface area (Å²) < 4.78 is 5.21. The number of ether oxygens (including phenoxy) is 1. The lowest BCUT2D eigenvalue weighted by Crippen LogP contribution is -2.65. The van der Waals surface area contributed by atoms with Gasteiger partial charge in [0.25, 0.3) is 5.91 Å². The van der Waals surface area contributed by atoms with Crippen molar-refractivity contribution in [3.63, 3.8) is 0 Å². The number of fused-ring (bicyclic) bond motifs is 3. The maximum absolute atomic E-state index is 14.2. The largest absolute Gasteiger partial charge is 0.508 e. The summed E-state index contributed by atoms with van der Waals surface area (Å²) in [4.78, 5) is 58.4. The van der Waals surface area contributed by atoms with Crippen molar-refractivity contribution in [1.29, 1.82) is 0 Å². The van der Waals surface area contributed by atoms with Gasteiger partial charge in [0.1, 0.15) is 28.6 Å². The molecule has 2 aromatic rings. The van der Waals surface area contributed by atoms with Gasteiger partial charge in [-0.05, 0) is 62.2 Å². The number of aromatic hydroxyl groups is 1. The van der Waals surface area contributed by atoms with Crippen LogP contribution in [0.3, 0.4) is 0 Å². The Bertz CT molecular complexity index is 1830. The average Bonchev–Trinajstić information content (AvgIpc) is 3.01. The van der Waals surface area contributed by atoms with Gasteiger partial charge in [0, 0.05) is 50.9 Å². The minimum atomic E-state index is -2.74. The number of benzene rings is 2. The van der Waals surface area contributed by atoms with Gasteiger partial charge in [0.2, 0.25) is 11.7 Å². The lowest BCUT2D eigenvalue weighted by atomic mass is 9.57. The molecule has 1 aliphatic heterocycles. The molecule has 14 nitrogen and oxygen atoms in total. The highest BCUT2D eigenvalue weighted by molar-refractivity contribution is 6.24. The second kappa shape index (κ2) is 12.2. The number of Topliss-reactive ketones (excluding diaryl/α,β-unsaturated/α-hetero) is 2. The van der Waals surface area contributed by atoms with Crippen LogP contribution in [-0.2, 0) is 32.1 Å². The van der Waals surface area contributed by atoms with Gasteiger partial charge in [0.15, 0.2) is 11.4 Å². The number of likely N-dealkylation sites (N-methyl/N-ethyl adjacent to an activating group) is 1. The lowest BCUT2D eigenvalue weighted by molar-refractivity contribution is -0.153. The third-order valence-electron chi connectivity index (χ3n) is 10.3. The molecule has 3 aliphatic carbocycles. The second-order valence-electron chi connectivity index (χ2n) is 13.7. The van der Waals surface area contributed by atoms with E-state index in [1.165, 1.54) is 4.90 Å². The number of hydrogen-bond donors (Lipinski definition) is 6. The number of methoxy groups -OCH3 is 1. The molecule has 2 aromatic carbocycles. The van der Waals surface area contributed by atoms with E-state index in [1.54, 1.807) is 46.3 Å². The van der Waals surface area contributed by atoms with E-state index >= 15 is 0 Å². The topological polar surface area (TPSA) is 206 Å². The van der Waals surface area contributed by atoms with Crippen LogP contribution in [0.5, 0.6) is 11.5 Å². The summed E-state index contributed by atoms with van der Waals surface area (Å²) in [7, 11) is 8.23. The third kappa shape index (κ3) is 5.30. The van der Waals surface area contributed by atoms with Crippen LogP contribution in [0.2, 0.25) is 0 Å². The van der Waals surface area contributed by atoms with E-state index in [9.17, 15) is 39.6 Å². The number of phenolic OH excluding ortho intramolecular Hbond substituents is 1. The van der Waals surface area contributed by atoms with Crippen molar-refractivity contribution in [1.82, 2.24) is 9.80 Å². The summed E-state index contributed by atoms with van der Waals surface area (Å²) in [6, 6.07) is 8.12. The highest BCUT2D eigenvalue weighted by atomic mass is 16.5. The molecular formula is C35H41N5O9. The number of aliphatic hydroxyl groups excluding tert-OH is 2. The Morgan fingerprint density at radius 1 is 1.08 bits per heavy atom. The molecular weight excluding hydrogens is 634 g/mol. The predicted octanol–water partition coefficient (Wildman–Crippen LogP) is 1.11. The molecule has 14 heteroatoms. The van der Waals surface area contributed by atoms with Crippen molar-refractivity contribution in [2.45, 2.75) is 31.0 Å².